The third-order valence-corrected chi connectivity index (χ3v) is 4.32. The Morgan fingerprint density at radius 1 is 1.48 bits per heavy atom. The van der Waals surface area contributed by atoms with Crippen LogP contribution in [0.15, 0.2) is 10.7 Å². The van der Waals surface area contributed by atoms with E-state index in [1.807, 2.05) is 36.4 Å². The number of halogens is 1. The number of likely N-dealkylation sites (tertiary alicyclic amines) is 1. The standard InChI is InChI=1S/C14H22BrN3O3/c1-13(2,3)21-12(19)17-5-4-14(9-17)10-8-11(15)16-18(10)6-7-20-14/h8,12,19H,4-7,9H2,1-3H3/t12?,14-/m0/s1. The van der Waals surface area contributed by atoms with E-state index in [1.54, 1.807) is 0 Å². The van der Waals surface area contributed by atoms with Gasteiger partial charge in [0, 0.05) is 13.1 Å². The van der Waals surface area contributed by atoms with Crippen molar-refractivity contribution in [2.24, 2.45) is 0 Å². The van der Waals surface area contributed by atoms with E-state index in [1.165, 1.54) is 0 Å². The number of fused-ring (bicyclic) bond motifs is 2. The van der Waals surface area contributed by atoms with Crippen molar-refractivity contribution in [3.63, 3.8) is 0 Å². The highest BCUT2D eigenvalue weighted by atomic mass is 79.9. The Morgan fingerprint density at radius 3 is 2.95 bits per heavy atom. The molecular formula is C14H22BrN3O3. The molecule has 118 valence electrons. The van der Waals surface area contributed by atoms with Gasteiger partial charge in [-0.3, -0.25) is 9.58 Å². The lowest BCUT2D eigenvalue weighted by atomic mass is 9.97. The van der Waals surface area contributed by atoms with Gasteiger partial charge in [-0.15, -0.1) is 0 Å². The molecule has 3 rings (SSSR count). The van der Waals surface area contributed by atoms with Gasteiger partial charge in [0.1, 0.15) is 10.2 Å². The first-order chi connectivity index (χ1) is 9.79. The summed E-state index contributed by atoms with van der Waals surface area (Å²) in [6, 6.07) is 2.01. The fraction of sp³-hybridized carbons (Fsp3) is 0.786. The van der Waals surface area contributed by atoms with Gasteiger partial charge in [0.05, 0.1) is 24.4 Å². The molecule has 1 unspecified atom stereocenters. The maximum atomic E-state index is 10.3. The van der Waals surface area contributed by atoms with Gasteiger partial charge in [-0.05, 0) is 49.2 Å². The van der Waals surface area contributed by atoms with Gasteiger partial charge < -0.3 is 14.6 Å². The number of aromatic nitrogens is 2. The lowest BCUT2D eigenvalue weighted by Crippen LogP contribution is -2.45. The molecule has 1 aromatic rings. The molecule has 1 saturated heterocycles. The molecule has 0 aliphatic carbocycles. The Bertz CT molecular complexity index is 528. The molecule has 1 N–H and O–H groups in total. The predicted octanol–water partition coefficient (Wildman–Crippen LogP) is 1.67. The van der Waals surface area contributed by atoms with E-state index in [0.29, 0.717) is 13.2 Å². The molecule has 0 radical (unpaired) electrons. The number of nitrogens with zero attached hydrogens (tertiary/aromatic N) is 3. The maximum Gasteiger partial charge on any atom is 0.216 e. The van der Waals surface area contributed by atoms with E-state index in [2.05, 4.69) is 21.0 Å². The van der Waals surface area contributed by atoms with Crippen LogP contribution in [0.2, 0.25) is 0 Å². The van der Waals surface area contributed by atoms with Crippen molar-refractivity contribution in [1.29, 1.82) is 0 Å². The molecule has 1 fully saturated rings. The number of aliphatic hydroxyl groups is 1. The molecule has 3 heterocycles. The SMILES string of the molecule is CC(C)(C)OC(O)N1CC[C@@]2(C1)OCCn1nc(Br)cc12. The van der Waals surface area contributed by atoms with Gasteiger partial charge in [-0.2, -0.15) is 5.10 Å². The molecular weight excluding hydrogens is 338 g/mol. The third-order valence-electron chi connectivity index (χ3n) is 3.93. The minimum Gasteiger partial charge on any atom is -0.365 e. The normalized spacial score (nSPS) is 28.0. The predicted molar refractivity (Wildman–Crippen MR) is 80.6 cm³/mol. The van der Waals surface area contributed by atoms with Gasteiger partial charge in [0.15, 0.2) is 0 Å². The van der Waals surface area contributed by atoms with Crippen molar-refractivity contribution in [2.45, 2.75) is 51.4 Å². The molecule has 1 spiro atoms. The Labute approximate surface area is 133 Å². The largest absolute Gasteiger partial charge is 0.365 e. The Morgan fingerprint density at radius 2 is 2.24 bits per heavy atom. The Balaban J connectivity index is 1.78. The van der Waals surface area contributed by atoms with Gasteiger partial charge in [0.2, 0.25) is 6.41 Å². The first-order valence-electron chi connectivity index (χ1n) is 7.27. The van der Waals surface area contributed by atoms with Crippen molar-refractivity contribution in [3.8, 4) is 0 Å². The summed E-state index contributed by atoms with van der Waals surface area (Å²) in [6.07, 6.45) is -0.0786. The van der Waals surface area contributed by atoms with E-state index in [4.69, 9.17) is 9.47 Å². The highest BCUT2D eigenvalue weighted by molar-refractivity contribution is 9.10. The summed E-state index contributed by atoms with van der Waals surface area (Å²) in [5, 5.41) is 14.7. The van der Waals surface area contributed by atoms with Gasteiger partial charge in [-0.25, -0.2) is 0 Å². The average molecular weight is 360 g/mol. The summed E-state index contributed by atoms with van der Waals surface area (Å²) in [5.74, 6) is 0. The summed E-state index contributed by atoms with van der Waals surface area (Å²) < 4.78 is 14.6. The zero-order chi connectivity index (χ0) is 15.3. The fourth-order valence-electron chi connectivity index (χ4n) is 3.04. The summed E-state index contributed by atoms with van der Waals surface area (Å²) in [4.78, 5) is 1.92. The number of hydrogen-bond donors (Lipinski definition) is 1. The molecule has 21 heavy (non-hydrogen) atoms. The maximum absolute atomic E-state index is 10.3. The van der Waals surface area contributed by atoms with Crippen molar-refractivity contribution in [3.05, 3.63) is 16.4 Å². The van der Waals surface area contributed by atoms with Crippen molar-refractivity contribution < 1.29 is 14.6 Å². The van der Waals surface area contributed by atoms with Crippen LogP contribution in [0.5, 0.6) is 0 Å². The Kier molecular flexibility index (Phi) is 3.90. The van der Waals surface area contributed by atoms with Crippen molar-refractivity contribution >= 4 is 15.9 Å². The van der Waals surface area contributed by atoms with E-state index in [0.717, 1.165) is 29.8 Å². The molecule has 0 bridgehead atoms. The molecule has 1 aromatic heterocycles. The summed E-state index contributed by atoms with van der Waals surface area (Å²) >= 11 is 3.43. The number of hydrogen-bond acceptors (Lipinski definition) is 5. The van der Waals surface area contributed by atoms with Crippen molar-refractivity contribution in [2.75, 3.05) is 19.7 Å². The van der Waals surface area contributed by atoms with Crippen LogP contribution in [0.3, 0.4) is 0 Å². The topological polar surface area (TPSA) is 59.8 Å². The second-order valence-electron chi connectivity index (χ2n) is 6.70. The number of rotatable bonds is 2. The first-order valence-corrected chi connectivity index (χ1v) is 8.06. The quantitative estimate of drug-likeness (QED) is 0.813. The van der Waals surface area contributed by atoms with Crippen LogP contribution in [0.1, 0.15) is 32.9 Å². The van der Waals surface area contributed by atoms with Crippen LogP contribution in [-0.2, 0) is 21.6 Å². The minimum atomic E-state index is -0.908. The van der Waals surface area contributed by atoms with E-state index in [9.17, 15) is 5.11 Å². The molecule has 2 atom stereocenters. The molecule has 6 nitrogen and oxygen atoms in total. The lowest BCUT2D eigenvalue weighted by Gasteiger charge is -2.35. The molecule has 2 aliphatic heterocycles. The molecule has 2 aliphatic rings. The second kappa shape index (κ2) is 5.31. The summed E-state index contributed by atoms with van der Waals surface area (Å²) in [5.41, 5.74) is 0.304. The van der Waals surface area contributed by atoms with Crippen LogP contribution in [0, 0.1) is 0 Å². The molecule has 7 heteroatoms. The van der Waals surface area contributed by atoms with Gasteiger partial charge in [0.25, 0.3) is 0 Å². The molecule has 0 aromatic carbocycles. The van der Waals surface area contributed by atoms with Crippen LogP contribution >= 0.6 is 15.9 Å². The third kappa shape index (κ3) is 3.03. The smallest absolute Gasteiger partial charge is 0.216 e. The average Bonchev–Trinajstić information content (AvgIpc) is 2.92. The van der Waals surface area contributed by atoms with Crippen molar-refractivity contribution in [1.82, 2.24) is 14.7 Å². The van der Waals surface area contributed by atoms with Gasteiger partial charge in [-0.1, -0.05) is 0 Å². The number of aliphatic hydroxyl groups excluding tert-OH is 1. The molecule has 0 amide bonds. The highest BCUT2D eigenvalue weighted by Gasteiger charge is 2.47. The highest BCUT2D eigenvalue weighted by Crippen LogP contribution is 2.39. The van der Waals surface area contributed by atoms with Crippen LogP contribution in [0.25, 0.3) is 0 Å². The lowest BCUT2D eigenvalue weighted by molar-refractivity contribution is -0.238. The summed E-state index contributed by atoms with van der Waals surface area (Å²) in [7, 11) is 0. The molecule has 0 saturated carbocycles. The zero-order valence-electron chi connectivity index (χ0n) is 12.7. The first kappa shape index (κ1) is 15.4. The van der Waals surface area contributed by atoms with E-state index < -0.39 is 6.41 Å². The van der Waals surface area contributed by atoms with E-state index in [-0.39, 0.29) is 11.2 Å². The Hall–Kier alpha value is -0.470. The minimum absolute atomic E-state index is 0.382. The zero-order valence-corrected chi connectivity index (χ0v) is 14.3. The van der Waals surface area contributed by atoms with E-state index >= 15 is 0 Å². The number of ether oxygens (including phenoxy) is 2. The van der Waals surface area contributed by atoms with Gasteiger partial charge >= 0.3 is 0 Å². The van der Waals surface area contributed by atoms with Crippen LogP contribution in [0.4, 0.5) is 0 Å². The fourth-order valence-corrected chi connectivity index (χ4v) is 3.45. The van der Waals surface area contributed by atoms with Crippen LogP contribution < -0.4 is 0 Å². The monoisotopic (exact) mass is 359 g/mol. The summed E-state index contributed by atoms with van der Waals surface area (Å²) in [6.45, 7) is 8.57. The second-order valence-corrected chi connectivity index (χ2v) is 7.51. The van der Waals surface area contributed by atoms with Crippen LogP contribution in [-0.4, -0.2) is 51.5 Å².